The Labute approximate surface area is 126 Å². The molecule has 20 heavy (non-hydrogen) atoms. The topological polar surface area (TPSA) is 69.6 Å². The Kier molecular flexibility index (Phi) is 4.65. The summed E-state index contributed by atoms with van der Waals surface area (Å²) < 4.78 is 0.722. The van der Waals surface area contributed by atoms with Crippen molar-refractivity contribution >= 4 is 33.6 Å². The van der Waals surface area contributed by atoms with E-state index < -0.39 is 5.97 Å². The maximum absolute atomic E-state index is 12.1. The molecule has 6 heteroatoms. The van der Waals surface area contributed by atoms with E-state index in [4.69, 9.17) is 5.11 Å². The molecule has 1 aliphatic rings. The summed E-state index contributed by atoms with van der Waals surface area (Å²) in [6.45, 7) is 0.711. The van der Waals surface area contributed by atoms with Crippen molar-refractivity contribution < 1.29 is 14.7 Å². The number of halogens is 1. The van der Waals surface area contributed by atoms with Crippen LogP contribution in [0, 0.1) is 5.92 Å². The number of hydrogen-bond acceptors (Lipinski definition) is 2. The average Bonchev–Trinajstić information content (AvgIpc) is 2.33. The highest BCUT2D eigenvalue weighted by atomic mass is 79.9. The van der Waals surface area contributed by atoms with Crippen LogP contribution in [0.2, 0.25) is 0 Å². The minimum absolute atomic E-state index is 0.0820. The summed E-state index contributed by atoms with van der Waals surface area (Å²) >= 11 is 3.28. The third-order valence-electron chi connectivity index (χ3n) is 3.56. The van der Waals surface area contributed by atoms with E-state index in [2.05, 4.69) is 21.2 Å². The molecule has 1 aliphatic carbocycles. The summed E-state index contributed by atoms with van der Waals surface area (Å²) in [5.41, 5.74) is 0.385. The van der Waals surface area contributed by atoms with E-state index in [1.165, 1.54) is 12.5 Å². The predicted molar refractivity (Wildman–Crippen MR) is 80.1 cm³/mol. The number of carbonyl (C=O) groups is 2. The normalized spacial score (nSPS) is 14.5. The van der Waals surface area contributed by atoms with Crippen LogP contribution in [0.4, 0.5) is 10.5 Å². The van der Waals surface area contributed by atoms with Gasteiger partial charge in [0.25, 0.3) is 0 Å². The first-order valence-corrected chi connectivity index (χ1v) is 7.31. The molecule has 0 radical (unpaired) electrons. The Morgan fingerprint density at radius 2 is 2.15 bits per heavy atom. The van der Waals surface area contributed by atoms with Crippen molar-refractivity contribution in [2.24, 2.45) is 5.92 Å². The van der Waals surface area contributed by atoms with E-state index in [0.29, 0.717) is 18.2 Å². The summed E-state index contributed by atoms with van der Waals surface area (Å²) in [4.78, 5) is 24.8. The van der Waals surface area contributed by atoms with E-state index in [0.717, 1.165) is 17.3 Å². The Morgan fingerprint density at radius 3 is 2.70 bits per heavy atom. The number of aromatic carboxylic acids is 1. The molecule has 0 bridgehead atoms. The van der Waals surface area contributed by atoms with Crippen molar-refractivity contribution in [3.63, 3.8) is 0 Å². The van der Waals surface area contributed by atoms with Crippen LogP contribution < -0.4 is 5.32 Å². The van der Waals surface area contributed by atoms with Gasteiger partial charge in [-0.25, -0.2) is 9.59 Å². The van der Waals surface area contributed by atoms with Crippen molar-refractivity contribution in [2.45, 2.75) is 19.3 Å². The highest BCUT2D eigenvalue weighted by Gasteiger charge is 2.22. The number of carboxylic acid groups (broad SMARTS) is 1. The van der Waals surface area contributed by atoms with Crippen LogP contribution in [0.5, 0.6) is 0 Å². The molecular formula is C14H17BrN2O3. The van der Waals surface area contributed by atoms with E-state index in [9.17, 15) is 9.59 Å². The Balaban J connectivity index is 2.06. The summed E-state index contributed by atoms with van der Waals surface area (Å²) in [5, 5.41) is 11.8. The third kappa shape index (κ3) is 3.50. The molecule has 0 heterocycles. The standard InChI is InChI=1S/C14H17BrN2O3/c1-17(8-9-3-2-4-9)14(20)16-12-7-10(15)5-6-11(12)13(18)19/h5-7,9H,2-4,8H2,1H3,(H,16,20)(H,18,19). The van der Waals surface area contributed by atoms with Gasteiger partial charge < -0.3 is 15.3 Å². The zero-order valence-corrected chi connectivity index (χ0v) is 12.8. The van der Waals surface area contributed by atoms with Gasteiger partial charge in [-0.1, -0.05) is 22.4 Å². The molecule has 0 spiro atoms. The first-order chi connectivity index (χ1) is 9.47. The molecule has 0 saturated heterocycles. The number of hydrogen-bond donors (Lipinski definition) is 2. The largest absolute Gasteiger partial charge is 0.478 e. The van der Waals surface area contributed by atoms with E-state index in [1.54, 1.807) is 24.1 Å². The van der Waals surface area contributed by atoms with E-state index >= 15 is 0 Å². The number of anilines is 1. The lowest BCUT2D eigenvalue weighted by Gasteiger charge is -2.30. The molecule has 1 saturated carbocycles. The fraction of sp³-hybridized carbons (Fsp3) is 0.429. The van der Waals surface area contributed by atoms with Crippen LogP contribution in [-0.2, 0) is 0 Å². The number of benzene rings is 1. The summed E-state index contributed by atoms with van der Waals surface area (Å²) in [6.07, 6.45) is 3.55. The lowest BCUT2D eigenvalue weighted by atomic mass is 9.85. The molecule has 2 amide bonds. The van der Waals surface area contributed by atoms with Crippen LogP contribution in [0.25, 0.3) is 0 Å². The maximum Gasteiger partial charge on any atom is 0.337 e. The van der Waals surface area contributed by atoms with Gasteiger partial charge in [0.2, 0.25) is 0 Å². The molecule has 1 fully saturated rings. The molecule has 2 rings (SSSR count). The summed E-state index contributed by atoms with van der Waals surface area (Å²) in [5.74, 6) is -0.485. The van der Waals surface area contributed by atoms with Gasteiger partial charge in [-0.3, -0.25) is 0 Å². The SMILES string of the molecule is CN(CC1CCC1)C(=O)Nc1cc(Br)ccc1C(=O)O. The van der Waals surface area contributed by atoms with Crippen molar-refractivity contribution in [3.05, 3.63) is 28.2 Å². The summed E-state index contributed by atoms with van der Waals surface area (Å²) in [7, 11) is 1.73. The van der Waals surface area contributed by atoms with Crippen LogP contribution in [0.15, 0.2) is 22.7 Å². The van der Waals surface area contributed by atoms with Crippen LogP contribution in [-0.4, -0.2) is 35.6 Å². The quantitative estimate of drug-likeness (QED) is 0.882. The Morgan fingerprint density at radius 1 is 1.45 bits per heavy atom. The zero-order chi connectivity index (χ0) is 14.7. The number of amides is 2. The molecule has 108 valence electrons. The minimum Gasteiger partial charge on any atom is -0.478 e. The monoisotopic (exact) mass is 340 g/mol. The molecule has 1 aromatic rings. The Bertz CT molecular complexity index is 529. The van der Waals surface area contributed by atoms with Crippen LogP contribution in [0.1, 0.15) is 29.6 Å². The van der Waals surface area contributed by atoms with Crippen molar-refractivity contribution in [2.75, 3.05) is 18.9 Å². The van der Waals surface area contributed by atoms with Gasteiger partial charge in [0.05, 0.1) is 11.3 Å². The van der Waals surface area contributed by atoms with Crippen LogP contribution >= 0.6 is 15.9 Å². The smallest absolute Gasteiger partial charge is 0.337 e. The van der Waals surface area contributed by atoms with Crippen molar-refractivity contribution in [1.29, 1.82) is 0 Å². The maximum atomic E-state index is 12.1. The summed E-state index contributed by atoms with van der Waals surface area (Å²) in [6, 6.07) is 4.42. The number of urea groups is 1. The Hall–Kier alpha value is -1.56. The van der Waals surface area contributed by atoms with Gasteiger partial charge in [-0.05, 0) is 37.0 Å². The molecule has 2 N–H and O–H groups in total. The zero-order valence-electron chi connectivity index (χ0n) is 11.2. The van der Waals surface area contributed by atoms with Crippen LogP contribution in [0.3, 0.4) is 0 Å². The van der Waals surface area contributed by atoms with Crippen molar-refractivity contribution in [3.8, 4) is 0 Å². The van der Waals surface area contributed by atoms with Gasteiger partial charge in [-0.2, -0.15) is 0 Å². The molecule has 1 aromatic carbocycles. The molecule has 0 atom stereocenters. The molecule has 5 nitrogen and oxygen atoms in total. The van der Waals surface area contributed by atoms with Gasteiger partial charge in [-0.15, -0.1) is 0 Å². The first-order valence-electron chi connectivity index (χ1n) is 6.52. The van der Waals surface area contributed by atoms with Gasteiger partial charge in [0, 0.05) is 18.1 Å². The fourth-order valence-corrected chi connectivity index (χ4v) is 2.52. The molecule has 0 unspecified atom stereocenters. The van der Waals surface area contributed by atoms with Gasteiger partial charge in [0.1, 0.15) is 0 Å². The second-order valence-corrected chi connectivity index (χ2v) is 6.02. The minimum atomic E-state index is -1.06. The number of carbonyl (C=O) groups excluding carboxylic acids is 1. The number of nitrogens with one attached hydrogen (secondary N) is 1. The number of nitrogens with zero attached hydrogens (tertiary/aromatic N) is 1. The fourth-order valence-electron chi connectivity index (χ4n) is 2.16. The second kappa shape index (κ2) is 6.26. The van der Waals surface area contributed by atoms with Gasteiger partial charge >= 0.3 is 12.0 Å². The highest BCUT2D eigenvalue weighted by molar-refractivity contribution is 9.10. The van der Waals surface area contributed by atoms with Crippen molar-refractivity contribution in [1.82, 2.24) is 4.90 Å². The first kappa shape index (κ1) is 14.8. The third-order valence-corrected chi connectivity index (χ3v) is 4.05. The van der Waals surface area contributed by atoms with Gasteiger partial charge in [0.15, 0.2) is 0 Å². The molecular weight excluding hydrogens is 324 g/mol. The number of carboxylic acids is 1. The highest BCUT2D eigenvalue weighted by Crippen LogP contribution is 2.27. The lowest BCUT2D eigenvalue weighted by molar-refractivity contribution is 0.0698. The van der Waals surface area contributed by atoms with E-state index in [-0.39, 0.29) is 11.6 Å². The second-order valence-electron chi connectivity index (χ2n) is 5.10. The predicted octanol–water partition coefficient (Wildman–Crippen LogP) is 3.41. The average molecular weight is 341 g/mol. The molecule has 0 aromatic heterocycles. The number of rotatable bonds is 4. The van der Waals surface area contributed by atoms with E-state index in [1.807, 2.05) is 0 Å². The molecule has 0 aliphatic heterocycles. The lowest BCUT2D eigenvalue weighted by Crippen LogP contribution is -2.37.